The van der Waals surface area contributed by atoms with Gasteiger partial charge in [-0.25, -0.2) is 0 Å². The van der Waals surface area contributed by atoms with E-state index in [2.05, 4.69) is 93.6 Å². The van der Waals surface area contributed by atoms with Gasteiger partial charge in [0.15, 0.2) is 0 Å². The van der Waals surface area contributed by atoms with Crippen LogP contribution in [-0.4, -0.2) is 0 Å². The van der Waals surface area contributed by atoms with Gasteiger partial charge in [-0.05, 0) is 0 Å². The van der Waals surface area contributed by atoms with Crippen molar-refractivity contribution >= 4 is 28.7 Å². The van der Waals surface area contributed by atoms with Gasteiger partial charge >= 0.3 is 184 Å². The number of benzene rings is 3. The third-order valence-electron chi connectivity index (χ3n) is 5.59. The normalized spacial score (nSPS) is 15.5. The zero-order valence-corrected chi connectivity index (χ0v) is 20.3. The Morgan fingerprint density at radius 3 is 2.21 bits per heavy atom. The minimum atomic E-state index is -2.59. The molecule has 0 N–H and O–H groups in total. The summed E-state index contributed by atoms with van der Waals surface area (Å²) in [7, 11) is 13.4. The predicted octanol–water partition coefficient (Wildman–Crippen LogP) is 8.31. The quantitative estimate of drug-likeness (QED) is 0.349. The van der Waals surface area contributed by atoms with Gasteiger partial charge in [0.2, 0.25) is 0 Å². The van der Waals surface area contributed by atoms with E-state index in [1.54, 1.807) is 0 Å². The van der Waals surface area contributed by atoms with Gasteiger partial charge in [-0.3, -0.25) is 0 Å². The van der Waals surface area contributed by atoms with E-state index >= 15 is 0 Å². The Balaban J connectivity index is 1.99. The fourth-order valence-corrected chi connectivity index (χ4v) is 9.43. The van der Waals surface area contributed by atoms with E-state index in [1.165, 1.54) is 44.5 Å². The zero-order valence-electron chi connectivity index (χ0n) is 16.3. The van der Waals surface area contributed by atoms with Crippen molar-refractivity contribution < 1.29 is 19.4 Å². The molecule has 1 unspecified atom stereocenters. The van der Waals surface area contributed by atoms with Gasteiger partial charge in [0.25, 0.3) is 0 Å². The van der Waals surface area contributed by atoms with E-state index in [1.807, 2.05) is 0 Å². The molecule has 3 heteroatoms. The van der Waals surface area contributed by atoms with E-state index in [0.717, 1.165) is 0 Å². The van der Waals surface area contributed by atoms with Gasteiger partial charge in [-0.1, -0.05) is 0 Å². The molecular formula is C25H23Cl2Zr. The molecule has 1 aliphatic carbocycles. The maximum atomic E-state index is 6.70. The Bertz CT molecular complexity index is 1040. The van der Waals surface area contributed by atoms with Gasteiger partial charge in [0.1, 0.15) is 0 Å². The van der Waals surface area contributed by atoms with Crippen LogP contribution in [0.4, 0.5) is 0 Å². The number of fused-ring (bicyclic) bond motifs is 1. The molecule has 0 aliphatic heterocycles. The third-order valence-corrected chi connectivity index (χ3v) is 10.8. The Morgan fingerprint density at radius 1 is 0.857 bits per heavy atom. The predicted molar refractivity (Wildman–Crippen MR) is 119 cm³/mol. The molecule has 4 rings (SSSR count). The van der Waals surface area contributed by atoms with Crippen LogP contribution in [0.5, 0.6) is 0 Å². The van der Waals surface area contributed by atoms with Crippen molar-refractivity contribution in [3.63, 3.8) is 0 Å². The van der Waals surface area contributed by atoms with Crippen molar-refractivity contribution in [2.45, 2.75) is 30.3 Å². The Labute approximate surface area is 183 Å². The van der Waals surface area contributed by atoms with Gasteiger partial charge in [-0.15, -0.1) is 0 Å². The topological polar surface area (TPSA) is 0 Å². The zero-order chi connectivity index (χ0) is 19.8. The van der Waals surface area contributed by atoms with Gasteiger partial charge in [0.05, 0.1) is 0 Å². The second kappa shape index (κ2) is 8.31. The van der Waals surface area contributed by atoms with Crippen LogP contribution >= 0.6 is 17.0 Å². The summed E-state index contributed by atoms with van der Waals surface area (Å²) in [5, 5.41) is 0. The third kappa shape index (κ3) is 3.58. The maximum absolute atomic E-state index is 6.70. The van der Waals surface area contributed by atoms with Crippen LogP contribution < -0.4 is 0 Å². The fraction of sp³-hybridized carbons (Fsp3) is 0.200. The number of aryl methyl sites for hydroxylation is 1. The van der Waals surface area contributed by atoms with Gasteiger partial charge < -0.3 is 0 Å². The van der Waals surface area contributed by atoms with Crippen LogP contribution in [0, 0.1) is 6.92 Å². The summed E-state index contributed by atoms with van der Waals surface area (Å²) in [6.45, 7) is 6.72. The molecule has 3 aromatic carbocycles. The van der Waals surface area contributed by atoms with Crippen LogP contribution in [0.25, 0.3) is 22.8 Å². The Morgan fingerprint density at radius 2 is 1.54 bits per heavy atom. The molecule has 0 amide bonds. The number of allylic oxidation sites excluding steroid dienone is 1. The molecule has 28 heavy (non-hydrogen) atoms. The number of halogens is 2. The van der Waals surface area contributed by atoms with Crippen molar-refractivity contribution in [2.24, 2.45) is 0 Å². The minimum absolute atomic E-state index is 0.175. The van der Waals surface area contributed by atoms with Crippen LogP contribution in [0.2, 0.25) is 0 Å². The first-order valence-corrected chi connectivity index (χ1v) is 17.4. The van der Waals surface area contributed by atoms with E-state index in [-0.39, 0.29) is 3.63 Å². The molecule has 141 valence electrons. The van der Waals surface area contributed by atoms with E-state index in [0.29, 0.717) is 5.92 Å². The van der Waals surface area contributed by atoms with Crippen molar-refractivity contribution in [3.05, 3.63) is 94.5 Å². The molecular weight excluding hydrogens is 462 g/mol. The standard InChI is InChI=1S/C25H23.2ClH.Zr/c1-17(2)22-11-7-8-12-23(22)25-18(3)13-14-20-15-21(16-24(20)25)19-9-5-4-6-10-19;;;/h4-17H,1-3H3;2*1H;/q;;;+2/p-2. The molecule has 0 nitrogen and oxygen atoms in total. The molecule has 0 radical (unpaired) electrons. The van der Waals surface area contributed by atoms with E-state index < -0.39 is 19.4 Å². The summed E-state index contributed by atoms with van der Waals surface area (Å²) in [5.41, 5.74) is 10.4. The van der Waals surface area contributed by atoms with Crippen molar-refractivity contribution in [3.8, 4) is 11.1 Å². The van der Waals surface area contributed by atoms with Crippen molar-refractivity contribution in [2.75, 3.05) is 0 Å². The van der Waals surface area contributed by atoms with Gasteiger partial charge in [-0.2, -0.15) is 0 Å². The second-order valence-electron chi connectivity index (χ2n) is 7.69. The first kappa shape index (κ1) is 20.1. The Kier molecular flexibility index (Phi) is 5.98. The molecule has 3 aromatic rings. The average Bonchev–Trinajstić information content (AvgIpc) is 3.08. The molecule has 1 aliphatic rings. The van der Waals surface area contributed by atoms with Crippen LogP contribution in [0.1, 0.15) is 51.2 Å². The summed E-state index contributed by atoms with van der Waals surface area (Å²) in [5.74, 6) is 0.466. The van der Waals surface area contributed by atoms with E-state index in [4.69, 9.17) is 17.0 Å². The van der Waals surface area contributed by atoms with Crippen LogP contribution in [0.3, 0.4) is 0 Å². The molecule has 0 saturated carbocycles. The first-order chi connectivity index (χ1) is 13.5. The molecule has 1 atom stereocenters. The molecule has 0 bridgehead atoms. The van der Waals surface area contributed by atoms with Crippen LogP contribution in [-0.2, 0) is 19.4 Å². The summed E-state index contributed by atoms with van der Waals surface area (Å²) in [6.07, 6.45) is 2.35. The molecule has 0 spiro atoms. The fourth-order valence-electron chi connectivity index (χ4n) is 4.26. The first-order valence-electron chi connectivity index (χ1n) is 9.66. The summed E-state index contributed by atoms with van der Waals surface area (Å²) in [4.78, 5) is 0. The Hall–Kier alpha value is -1.14. The van der Waals surface area contributed by atoms with Crippen molar-refractivity contribution in [1.82, 2.24) is 0 Å². The molecule has 0 fully saturated rings. The average molecular weight is 486 g/mol. The van der Waals surface area contributed by atoms with Crippen molar-refractivity contribution in [1.29, 1.82) is 0 Å². The van der Waals surface area contributed by atoms with Gasteiger partial charge in [0, 0.05) is 0 Å². The second-order valence-corrected chi connectivity index (χ2v) is 16.5. The number of hydrogen-bond donors (Lipinski definition) is 0. The summed E-state index contributed by atoms with van der Waals surface area (Å²) >= 11 is -2.59. The summed E-state index contributed by atoms with van der Waals surface area (Å²) in [6, 6.07) is 23.8. The monoisotopic (exact) mass is 483 g/mol. The number of rotatable bonds is 4. The SMILES string of the molecule is Cc1ccc2c(c1-c1ccccc1C(C)C)C=C(c1ccccc1)[CH]2[Zr]([Cl])[Cl]. The van der Waals surface area contributed by atoms with E-state index in [9.17, 15) is 0 Å². The molecule has 0 aromatic heterocycles. The van der Waals surface area contributed by atoms with Crippen LogP contribution in [0.15, 0.2) is 66.7 Å². The number of hydrogen-bond acceptors (Lipinski definition) is 0. The molecule has 0 saturated heterocycles. The summed E-state index contributed by atoms with van der Waals surface area (Å²) < 4.78 is 0.175. The molecule has 0 heterocycles.